The van der Waals surface area contributed by atoms with E-state index >= 15 is 0 Å². The maximum atomic E-state index is 6.38. The normalized spacial score (nSPS) is 17.2. The lowest BCUT2D eigenvalue weighted by Crippen LogP contribution is -2.32. The molecule has 1 aromatic rings. The van der Waals surface area contributed by atoms with Crippen LogP contribution < -0.4 is 15.2 Å². The Hall–Kier alpha value is -1.26. The predicted molar refractivity (Wildman–Crippen MR) is 85.9 cm³/mol. The van der Waals surface area contributed by atoms with Gasteiger partial charge in [0.1, 0.15) is 11.5 Å². The highest BCUT2D eigenvalue weighted by Crippen LogP contribution is 2.29. The summed E-state index contributed by atoms with van der Waals surface area (Å²) in [6, 6.07) is 5.80. The predicted octanol–water partition coefficient (Wildman–Crippen LogP) is 2.83. The first-order valence-electron chi connectivity index (χ1n) is 7.80. The molecule has 2 N–H and O–H groups in total. The van der Waals surface area contributed by atoms with Crippen LogP contribution in [0.5, 0.6) is 11.5 Å². The van der Waals surface area contributed by atoms with E-state index in [1.807, 2.05) is 18.2 Å². The molecule has 1 atom stereocenters. The monoisotopic (exact) mass is 292 g/mol. The lowest BCUT2D eigenvalue weighted by Gasteiger charge is -2.25. The van der Waals surface area contributed by atoms with E-state index in [1.54, 1.807) is 14.2 Å². The smallest absolute Gasteiger partial charge is 0.127 e. The van der Waals surface area contributed by atoms with E-state index in [-0.39, 0.29) is 6.04 Å². The van der Waals surface area contributed by atoms with Gasteiger partial charge in [-0.2, -0.15) is 0 Å². The van der Waals surface area contributed by atoms with Gasteiger partial charge in [-0.15, -0.1) is 0 Å². The van der Waals surface area contributed by atoms with Crippen molar-refractivity contribution in [2.24, 2.45) is 11.7 Å². The summed E-state index contributed by atoms with van der Waals surface area (Å²) in [6.07, 6.45) is 5.50. The molecule has 0 saturated heterocycles. The molecule has 0 heterocycles. The number of methoxy groups -OCH3 is 2. The van der Waals surface area contributed by atoms with E-state index < -0.39 is 0 Å². The van der Waals surface area contributed by atoms with Crippen LogP contribution in [0.15, 0.2) is 18.2 Å². The van der Waals surface area contributed by atoms with Crippen molar-refractivity contribution in [1.82, 2.24) is 4.90 Å². The molecule has 1 fully saturated rings. The van der Waals surface area contributed by atoms with Crippen LogP contribution in [0.2, 0.25) is 0 Å². The van der Waals surface area contributed by atoms with Gasteiger partial charge in [-0.05, 0) is 31.9 Å². The largest absolute Gasteiger partial charge is 0.497 e. The van der Waals surface area contributed by atoms with Gasteiger partial charge in [0.2, 0.25) is 0 Å². The van der Waals surface area contributed by atoms with E-state index in [2.05, 4.69) is 11.9 Å². The highest BCUT2D eigenvalue weighted by atomic mass is 16.5. The summed E-state index contributed by atoms with van der Waals surface area (Å²) in [5, 5.41) is 0. The van der Waals surface area contributed by atoms with Crippen molar-refractivity contribution in [3.8, 4) is 11.5 Å². The summed E-state index contributed by atoms with van der Waals surface area (Å²) in [4.78, 5) is 2.35. The van der Waals surface area contributed by atoms with Crippen molar-refractivity contribution < 1.29 is 9.47 Å². The quantitative estimate of drug-likeness (QED) is 0.839. The van der Waals surface area contributed by atoms with Gasteiger partial charge < -0.3 is 20.1 Å². The van der Waals surface area contributed by atoms with Crippen LogP contribution in [-0.4, -0.2) is 39.3 Å². The van der Waals surface area contributed by atoms with Crippen molar-refractivity contribution in [2.75, 3.05) is 34.4 Å². The third-order valence-electron chi connectivity index (χ3n) is 4.39. The zero-order valence-corrected chi connectivity index (χ0v) is 13.5. The average molecular weight is 292 g/mol. The zero-order chi connectivity index (χ0) is 15.2. The molecule has 118 valence electrons. The van der Waals surface area contributed by atoms with Crippen LogP contribution >= 0.6 is 0 Å². The third kappa shape index (κ3) is 4.35. The molecule has 1 saturated carbocycles. The van der Waals surface area contributed by atoms with Crippen molar-refractivity contribution in [3.05, 3.63) is 23.8 Å². The van der Waals surface area contributed by atoms with Crippen LogP contribution in [0.1, 0.15) is 37.3 Å². The van der Waals surface area contributed by atoms with E-state index in [0.717, 1.165) is 36.1 Å². The Morgan fingerprint density at radius 2 is 1.95 bits per heavy atom. The van der Waals surface area contributed by atoms with E-state index in [0.29, 0.717) is 0 Å². The van der Waals surface area contributed by atoms with Crippen molar-refractivity contribution in [3.63, 3.8) is 0 Å². The maximum absolute atomic E-state index is 6.38. The molecule has 1 aliphatic rings. The van der Waals surface area contributed by atoms with Crippen LogP contribution in [0, 0.1) is 5.92 Å². The molecule has 1 aliphatic carbocycles. The molecule has 0 radical (unpaired) electrons. The Morgan fingerprint density at radius 3 is 2.57 bits per heavy atom. The second-order valence-corrected chi connectivity index (χ2v) is 6.09. The second kappa shape index (κ2) is 7.66. The average Bonchev–Trinajstić information content (AvgIpc) is 2.99. The van der Waals surface area contributed by atoms with E-state index in [1.165, 1.54) is 25.7 Å². The summed E-state index contributed by atoms with van der Waals surface area (Å²) in [6.45, 7) is 1.99. The van der Waals surface area contributed by atoms with E-state index in [9.17, 15) is 0 Å². The van der Waals surface area contributed by atoms with Gasteiger partial charge in [0, 0.05) is 30.8 Å². The van der Waals surface area contributed by atoms with Crippen LogP contribution in [-0.2, 0) is 0 Å². The number of likely N-dealkylation sites (N-methyl/N-ethyl adjacent to an activating group) is 1. The molecular weight excluding hydrogens is 264 g/mol. The van der Waals surface area contributed by atoms with Gasteiger partial charge in [0.05, 0.1) is 14.2 Å². The van der Waals surface area contributed by atoms with Gasteiger partial charge in [-0.25, -0.2) is 0 Å². The summed E-state index contributed by atoms with van der Waals surface area (Å²) in [5.41, 5.74) is 7.41. The summed E-state index contributed by atoms with van der Waals surface area (Å²) in [5.74, 6) is 2.44. The first kappa shape index (κ1) is 16.1. The maximum Gasteiger partial charge on any atom is 0.127 e. The number of nitrogens with zero attached hydrogens (tertiary/aromatic N) is 1. The molecule has 0 spiro atoms. The molecule has 1 aromatic carbocycles. The summed E-state index contributed by atoms with van der Waals surface area (Å²) >= 11 is 0. The fraction of sp³-hybridized carbons (Fsp3) is 0.647. The molecular formula is C17H28N2O2. The lowest BCUT2D eigenvalue weighted by atomic mass is 10.0. The summed E-state index contributed by atoms with van der Waals surface area (Å²) < 4.78 is 10.7. The van der Waals surface area contributed by atoms with Crippen molar-refractivity contribution in [2.45, 2.75) is 31.7 Å². The highest BCUT2D eigenvalue weighted by Gasteiger charge is 2.19. The molecule has 4 heteroatoms. The number of ether oxygens (including phenoxy) is 2. The molecule has 0 bridgehead atoms. The molecule has 21 heavy (non-hydrogen) atoms. The third-order valence-corrected chi connectivity index (χ3v) is 4.39. The minimum absolute atomic E-state index is 0.0442. The Morgan fingerprint density at radius 1 is 1.24 bits per heavy atom. The lowest BCUT2D eigenvalue weighted by molar-refractivity contribution is 0.261. The number of rotatable bonds is 7. The standard InChI is InChI=1S/C17H28N2O2/c1-19(11-13-6-4-5-7-13)12-16(18)15-9-8-14(20-2)10-17(15)21-3/h8-10,13,16H,4-7,11-12,18H2,1-3H3. The number of hydrogen-bond donors (Lipinski definition) is 1. The first-order valence-corrected chi connectivity index (χ1v) is 7.80. The number of nitrogens with two attached hydrogens (primary N) is 1. The number of benzene rings is 1. The molecule has 0 aromatic heterocycles. The topological polar surface area (TPSA) is 47.7 Å². The first-order chi connectivity index (χ1) is 10.1. The molecule has 1 unspecified atom stereocenters. The fourth-order valence-electron chi connectivity index (χ4n) is 3.27. The minimum atomic E-state index is -0.0442. The molecule has 2 rings (SSSR count). The second-order valence-electron chi connectivity index (χ2n) is 6.09. The Balaban J connectivity index is 1.96. The van der Waals surface area contributed by atoms with Gasteiger partial charge in [0.25, 0.3) is 0 Å². The minimum Gasteiger partial charge on any atom is -0.497 e. The molecule has 4 nitrogen and oxygen atoms in total. The summed E-state index contributed by atoms with van der Waals surface area (Å²) in [7, 11) is 5.49. The fourth-order valence-corrected chi connectivity index (χ4v) is 3.27. The van der Waals surface area contributed by atoms with Gasteiger partial charge in [-0.3, -0.25) is 0 Å². The molecule has 0 aliphatic heterocycles. The zero-order valence-electron chi connectivity index (χ0n) is 13.5. The van der Waals surface area contributed by atoms with Crippen molar-refractivity contribution in [1.29, 1.82) is 0 Å². The SMILES string of the molecule is COc1ccc(C(N)CN(C)CC2CCCC2)c(OC)c1. The Kier molecular flexibility index (Phi) is 5.88. The van der Waals surface area contributed by atoms with Gasteiger partial charge in [-0.1, -0.05) is 18.9 Å². The van der Waals surface area contributed by atoms with Crippen LogP contribution in [0.25, 0.3) is 0 Å². The van der Waals surface area contributed by atoms with Crippen molar-refractivity contribution >= 4 is 0 Å². The van der Waals surface area contributed by atoms with Gasteiger partial charge >= 0.3 is 0 Å². The molecule has 0 amide bonds. The Bertz CT molecular complexity index is 444. The number of hydrogen-bond acceptors (Lipinski definition) is 4. The Labute approximate surface area is 128 Å². The van der Waals surface area contributed by atoms with Gasteiger partial charge in [0.15, 0.2) is 0 Å². The highest BCUT2D eigenvalue weighted by molar-refractivity contribution is 5.42. The van der Waals surface area contributed by atoms with Crippen LogP contribution in [0.4, 0.5) is 0 Å². The van der Waals surface area contributed by atoms with Crippen LogP contribution in [0.3, 0.4) is 0 Å². The van der Waals surface area contributed by atoms with E-state index in [4.69, 9.17) is 15.2 Å².